The van der Waals surface area contributed by atoms with Crippen LogP contribution in [0.3, 0.4) is 0 Å². The van der Waals surface area contributed by atoms with Gasteiger partial charge in [-0.25, -0.2) is 4.79 Å². The Morgan fingerprint density at radius 2 is 2.16 bits per heavy atom. The second kappa shape index (κ2) is 7.34. The highest BCUT2D eigenvalue weighted by Crippen LogP contribution is 2.27. The summed E-state index contributed by atoms with van der Waals surface area (Å²) in [5.41, 5.74) is 1.98. The van der Waals surface area contributed by atoms with Crippen LogP contribution in [0.2, 0.25) is 0 Å². The highest BCUT2D eigenvalue weighted by molar-refractivity contribution is 9.10. The van der Waals surface area contributed by atoms with Crippen LogP contribution in [0.5, 0.6) is 0 Å². The molecule has 0 heterocycles. The van der Waals surface area contributed by atoms with Crippen LogP contribution in [-0.2, 0) is 4.79 Å². The lowest BCUT2D eigenvalue weighted by Gasteiger charge is -2.30. The zero-order valence-electron chi connectivity index (χ0n) is 11.6. The van der Waals surface area contributed by atoms with Crippen molar-refractivity contribution >= 4 is 33.7 Å². The third kappa shape index (κ3) is 4.71. The van der Waals surface area contributed by atoms with E-state index in [9.17, 15) is 4.79 Å². The van der Waals surface area contributed by atoms with Gasteiger partial charge in [-0.05, 0) is 50.1 Å². The van der Waals surface area contributed by atoms with Crippen molar-refractivity contribution in [3.63, 3.8) is 0 Å². The summed E-state index contributed by atoms with van der Waals surface area (Å²) in [5, 5.41) is 8.77. The van der Waals surface area contributed by atoms with Crippen molar-refractivity contribution in [3.8, 4) is 0 Å². The van der Waals surface area contributed by atoms with Crippen molar-refractivity contribution in [3.05, 3.63) is 34.3 Å². The molecule has 0 aliphatic rings. The summed E-state index contributed by atoms with van der Waals surface area (Å²) in [6.45, 7) is 7.37. The summed E-state index contributed by atoms with van der Waals surface area (Å²) in [4.78, 5) is 13.0. The Bertz CT molecular complexity index is 469. The average Bonchev–Trinajstić information content (AvgIpc) is 2.34. The largest absolute Gasteiger partial charge is 0.478 e. The Hall–Kier alpha value is -1.29. The van der Waals surface area contributed by atoms with Crippen molar-refractivity contribution < 1.29 is 9.90 Å². The lowest BCUT2D eigenvalue weighted by molar-refractivity contribution is -0.131. The molecular formula is C15H20BrNO2. The summed E-state index contributed by atoms with van der Waals surface area (Å²) < 4.78 is 0.946. The number of benzene rings is 1. The van der Waals surface area contributed by atoms with Crippen molar-refractivity contribution in [2.75, 3.05) is 11.4 Å². The van der Waals surface area contributed by atoms with E-state index in [0.29, 0.717) is 6.04 Å². The van der Waals surface area contributed by atoms with Crippen molar-refractivity contribution in [1.29, 1.82) is 0 Å². The van der Waals surface area contributed by atoms with E-state index in [-0.39, 0.29) is 0 Å². The molecule has 0 aromatic heterocycles. The van der Waals surface area contributed by atoms with Gasteiger partial charge in [0.15, 0.2) is 0 Å². The molecule has 0 saturated heterocycles. The van der Waals surface area contributed by atoms with Gasteiger partial charge >= 0.3 is 5.97 Å². The molecule has 0 radical (unpaired) electrons. The van der Waals surface area contributed by atoms with Gasteiger partial charge in [0.1, 0.15) is 0 Å². The third-order valence-electron chi connectivity index (χ3n) is 2.79. The molecule has 3 nitrogen and oxygen atoms in total. The van der Waals surface area contributed by atoms with E-state index >= 15 is 0 Å². The van der Waals surface area contributed by atoms with Crippen LogP contribution in [0.25, 0.3) is 6.08 Å². The van der Waals surface area contributed by atoms with Gasteiger partial charge in [-0.3, -0.25) is 0 Å². The number of anilines is 1. The van der Waals surface area contributed by atoms with Crippen LogP contribution in [-0.4, -0.2) is 23.7 Å². The van der Waals surface area contributed by atoms with Gasteiger partial charge in [-0.15, -0.1) is 0 Å². The second-order valence-electron chi connectivity index (χ2n) is 4.66. The topological polar surface area (TPSA) is 40.5 Å². The molecule has 0 aliphatic heterocycles. The molecule has 1 N–H and O–H groups in total. The highest BCUT2D eigenvalue weighted by Gasteiger charge is 2.13. The summed E-state index contributed by atoms with van der Waals surface area (Å²) in [7, 11) is 0. The van der Waals surface area contributed by atoms with Crippen LogP contribution in [0.1, 0.15) is 32.8 Å². The maximum Gasteiger partial charge on any atom is 0.328 e. The van der Waals surface area contributed by atoms with Gasteiger partial charge in [0.2, 0.25) is 0 Å². The van der Waals surface area contributed by atoms with Gasteiger partial charge < -0.3 is 10.0 Å². The van der Waals surface area contributed by atoms with Crippen molar-refractivity contribution in [2.45, 2.75) is 33.2 Å². The quantitative estimate of drug-likeness (QED) is 0.798. The van der Waals surface area contributed by atoms with E-state index in [0.717, 1.165) is 28.7 Å². The summed E-state index contributed by atoms with van der Waals surface area (Å²) >= 11 is 3.43. The van der Waals surface area contributed by atoms with Crippen LogP contribution < -0.4 is 4.90 Å². The number of halogens is 1. The van der Waals surface area contributed by atoms with Crippen molar-refractivity contribution in [1.82, 2.24) is 0 Å². The van der Waals surface area contributed by atoms with Crippen molar-refractivity contribution in [2.24, 2.45) is 0 Å². The first-order valence-electron chi connectivity index (χ1n) is 6.43. The highest BCUT2D eigenvalue weighted by atomic mass is 79.9. The molecule has 0 aliphatic carbocycles. The SMILES string of the molecule is CCCN(c1ccc(Br)cc1/C=C/C(=O)O)C(C)C. The fraction of sp³-hybridized carbons (Fsp3) is 0.400. The maximum absolute atomic E-state index is 10.7. The van der Waals surface area contributed by atoms with Gasteiger partial charge in [-0.1, -0.05) is 22.9 Å². The standard InChI is InChI=1S/C15H20BrNO2/c1-4-9-17(11(2)3)14-7-6-13(16)10-12(14)5-8-15(18)19/h5-8,10-11H,4,9H2,1-3H3,(H,18,19)/b8-5+. The number of aliphatic carboxylic acids is 1. The number of hydrogen-bond donors (Lipinski definition) is 1. The molecule has 0 spiro atoms. The predicted molar refractivity (Wildman–Crippen MR) is 83.6 cm³/mol. The van der Waals surface area contributed by atoms with Crippen LogP contribution >= 0.6 is 15.9 Å². The third-order valence-corrected chi connectivity index (χ3v) is 3.29. The first-order chi connectivity index (χ1) is 8.95. The van der Waals surface area contributed by atoms with Gasteiger partial charge in [0.05, 0.1) is 0 Å². The molecule has 0 amide bonds. The van der Waals surface area contributed by atoms with E-state index in [1.54, 1.807) is 6.08 Å². The smallest absolute Gasteiger partial charge is 0.328 e. The average molecular weight is 326 g/mol. The minimum Gasteiger partial charge on any atom is -0.478 e. The summed E-state index contributed by atoms with van der Waals surface area (Å²) in [6.07, 6.45) is 3.87. The first-order valence-corrected chi connectivity index (χ1v) is 7.22. The molecule has 0 saturated carbocycles. The lowest BCUT2D eigenvalue weighted by atomic mass is 10.1. The molecule has 0 unspecified atom stereocenters. The molecule has 19 heavy (non-hydrogen) atoms. The Morgan fingerprint density at radius 1 is 1.47 bits per heavy atom. The molecule has 1 aromatic carbocycles. The Kier molecular flexibility index (Phi) is 6.09. The van der Waals surface area contributed by atoms with Crippen LogP contribution in [0, 0.1) is 0 Å². The number of carbonyl (C=O) groups is 1. The minimum absolute atomic E-state index is 0.373. The van der Waals surface area contributed by atoms with E-state index in [4.69, 9.17) is 5.11 Å². The molecule has 1 aromatic rings. The second-order valence-corrected chi connectivity index (χ2v) is 5.58. The summed E-state index contributed by atoms with van der Waals surface area (Å²) in [5.74, 6) is -0.933. The molecule has 0 fully saturated rings. The van der Waals surface area contributed by atoms with E-state index in [1.807, 2.05) is 18.2 Å². The number of carboxylic acid groups (broad SMARTS) is 1. The number of rotatable bonds is 6. The summed E-state index contributed by atoms with van der Waals surface area (Å²) in [6, 6.07) is 6.33. The molecule has 104 valence electrons. The normalized spacial score (nSPS) is 11.2. The van der Waals surface area contributed by atoms with Crippen LogP contribution in [0.15, 0.2) is 28.7 Å². The molecule has 0 bridgehead atoms. The molecular weight excluding hydrogens is 306 g/mol. The Balaban J connectivity index is 3.20. The fourth-order valence-electron chi connectivity index (χ4n) is 1.98. The number of nitrogens with zero attached hydrogens (tertiary/aromatic N) is 1. The number of hydrogen-bond acceptors (Lipinski definition) is 2. The maximum atomic E-state index is 10.7. The van der Waals surface area contributed by atoms with E-state index in [1.165, 1.54) is 6.08 Å². The van der Waals surface area contributed by atoms with Gasteiger partial charge in [-0.2, -0.15) is 0 Å². The van der Waals surface area contributed by atoms with Gasteiger partial charge in [0.25, 0.3) is 0 Å². The predicted octanol–water partition coefficient (Wildman–Crippen LogP) is 4.17. The Morgan fingerprint density at radius 3 is 2.68 bits per heavy atom. The zero-order chi connectivity index (χ0) is 14.4. The number of carboxylic acids is 1. The lowest BCUT2D eigenvalue weighted by Crippen LogP contribution is -2.32. The minimum atomic E-state index is -0.933. The molecule has 4 heteroatoms. The van der Waals surface area contributed by atoms with Crippen LogP contribution in [0.4, 0.5) is 5.69 Å². The van der Waals surface area contributed by atoms with E-state index in [2.05, 4.69) is 41.6 Å². The first kappa shape index (κ1) is 15.8. The molecule has 1 rings (SSSR count). The monoisotopic (exact) mass is 325 g/mol. The zero-order valence-corrected chi connectivity index (χ0v) is 13.1. The van der Waals surface area contributed by atoms with E-state index < -0.39 is 5.97 Å². The fourth-order valence-corrected chi connectivity index (χ4v) is 2.36. The Labute approximate surface area is 123 Å². The van der Waals surface area contributed by atoms with Gasteiger partial charge in [0, 0.05) is 28.8 Å². The molecule has 0 atom stereocenters.